The zero-order chi connectivity index (χ0) is 14.5. The Hall–Kier alpha value is -1.62. The van der Waals surface area contributed by atoms with Crippen LogP contribution in [-0.4, -0.2) is 38.1 Å². The van der Waals surface area contributed by atoms with Crippen molar-refractivity contribution in [2.45, 2.75) is 19.4 Å². The van der Waals surface area contributed by atoms with Gasteiger partial charge in [0.2, 0.25) is 5.91 Å². The molecule has 5 heteroatoms. The largest absolute Gasteiger partial charge is 0.494 e. The van der Waals surface area contributed by atoms with Crippen molar-refractivity contribution in [3.05, 3.63) is 29.6 Å². The molecule has 0 spiro atoms. The third-order valence-electron chi connectivity index (χ3n) is 3.66. The Kier molecular flexibility index (Phi) is 4.95. The minimum absolute atomic E-state index is 0.0387. The lowest BCUT2D eigenvalue weighted by atomic mass is 9.98. The molecule has 0 radical (unpaired) electrons. The molecule has 1 amide bonds. The monoisotopic (exact) mass is 280 g/mol. The fourth-order valence-electron chi connectivity index (χ4n) is 2.53. The van der Waals surface area contributed by atoms with Crippen molar-refractivity contribution in [3.8, 4) is 5.75 Å². The Morgan fingerprint density at radius 3 is 2.95 bits per heavy atom. The van der Waals surface area contributed by atoms with Gasteiger partial charge in [-0.05, 0) is 37.1 Å². The van der Waals surface area contributed by atoms with Gasteiger partial charge >= 0.3 is 0 Å². The van der Waals surface area contributed by atoms with Crippen molar-refractivity contribution in [1.82, 2.24) is 10.2 Å². The van der Waals surface area contributed by atoms with E-state index < -0.39 is 5.82 Å². The number of hydrogen-bond acceptors (Lipinski definition) is 3. The molecule has 1 aliphatic rings. The summed E-state index contributed by atoms with van der Waals surface area (Å²) in [5, 5.41) is 3.23. The molecule has 0 saturated carbocycles. The Balaban J connectivity index is 1.98. The summed E-state index contributed by atoms with van der Waals surface area (Å²) in [4.78, 5) is 13.9. The van der Waals surface area contributed by atoms with Gasteiger partial charge in [0, 0.05) is 20.1 Å². The van der Waals surface area contributed by atoms with Gasteiger partial charge in [-0.2, -0.15) is 0 Å². The number of benzene rings is 1. The zero-order valence-corrected chi connectivity index (χ0v) is 12.0. The number of rotatable bonds is 4. The lowest BCUT2D eigenvalue weighted by molar-refractivity contribution is -0.135. The molecule has 1 heterocycles. The number of ether oxygens (including phenoxy) is 1. The number of nitrogens with zero attached hydrogens (tertiary/aromatic N) is 1. The average Bonchev–Trinajstić information content (AvgIpc) is 2.47. The fourth-order valence-corrected chi connectivity index (χ4v) is 2.53. The highest BCUT2D eigenvalue weighted by atomic mass is 19.1. The van der Waals surface area contributed by atoms with Crippen molar-refractivity contribution >= 4 is 5.91 Å². The molecule has 2 rings (SSSR count). The number of halogens is 1. The van der Waals surface area contributed by atoms with Crippen LogP contribution in [0.1, 0.15) is 18.4 Å². The molecule has 1 saturated heterocycles. The molecular formula is C15H21FN2O2. The molecule has 110 valence electrons. The first-order valence-corrected chi connectivity index (χ1v) is 6.90. The maximum absolute atomic E-state index is 13.6. The number of piperidine rings is 1. The van der Waals surface area contributed by atoms with Gasteiger partial charge in [-0.3, -0.25) is 4.79 Å². The van der Waals surface area contributed by atoms with Gasteiger partial charge in [-0.15, -0.1) is 0 Å². The van der Waals surface area contributed by atoms with E-state index in [2.05, 4.69) is 5.32 Å². The summed E-state index contributed by atoms with van der Waals surface area (Å²) in [7, 11) is 3.20. The van der Waals surface area contributed by atoms with Gasteiger partial charge in [0.25, 0.3) is 0 Å². The number of carbonyl (C=O) groups is 1. The predicted molar refractivity (Wildman–Crippen MR) is 75.0 cm³/mol. The standard InChI is InChI=1S/C15H21FN2O2/c1-18(15(19)12-4-3-7-17-9-12)10-11-5-6-14(20-2)13(16)8-11/h5-6,8,12,17H,3-4,7,9-10H2,1-2H3/t12-/m1/s1. The Morgan fingerprint density at radius 2 is 2.35 bits per heavy atom. The van der Waals surface area contributed by atoms with Crippen LogP contribution in [0, 0.1) is 11.7 Å². The highest BCUT2D eigenvalue weighted by molar-refractivity contribution is 5.78. The molecule has 1 aromatic carbocycles. The van der Waals surface area contributed by atoms with Crippen molar-refractivity contribution in [2.75, 3.05) is 27.2 Å². The summed E-state index contributed by atoms with van der Waals surface area (Å²) in [6, 6.07) is 4.79. The normalized spacial score (nSPS) is 18.6. The lowest BCUT2D eigenvalue weighted by Crippen LogP contribution is -2.41. The second-order valence-electron chi connectivity index (χ2n) is 5.21. The number of amides is 1. The van der Waals surface area contributed by atoms with Crippen LogP contribution in [0.5, 0.6) is 5.75 Å². The minimum atomic E-state index is -0.398. The average molecular weight is 280 g/mol. The van der Waals surface area contributed by atoms with E-state index >= 15 is 0 Å². The van der Waals surface area contributed by atoms with Gasteiger partial charge in [0.05, 0.1) is 13.0 Å². The number of nitrogens with one attached hydrogen (secondary N) is 1. The van der Waals surface area contributed by atoms with Crippen molar-refractivity contribution in [3.63, 3.8) is 0 Å². The smallest absolute Gasteiger partial charge is 0.227 e. The van der Waals surface area contributed by atoms with Crippen LogP contribution in [0.3, 0.4) is 0 Å². The highest BCUT2D eigenvalue weighted by Crippen LogP contribution is 2.19. The third kappa shape index (κ3) is 3.48. The second-order valence-corrected chi connectivity index (χ2v) is 5.21. The van der Waals surface area contributed by atoms with Crippen molar-refractivity contribution in [2.24, 2.45) is 5.92 Å². The Bertz CT molecular complexity index is 473. The lowest BCUT2D eigenvalue weighted by Gasteiger charge is -2.27. The second kappa shape index (κ2) is 6.70. The van der Waals surface area contributed by atoms with E-state index in [0.29, 0.717) is 6.54 Å². The molecule has 1 N–H and O–H groups in total. The van der Waals surface area contributed by atoms with E-state index in [-0.39, 0.29) is 17.6 Å². The van der Waals surface area contributed by atoms with Crippen molar-refractivity contribution in [1.29, 1.82) is 0 Å². The van der Waals surface area contributed by atoms with Crippen LogP contribution >= 0.6 is 0 Å². The number of hydrogen-bond donors (Lipinski definition) is 1. The van der Waals surface area contributed by atoms with E-state index in [4.69, 9.17) is 4.74 Å². The van der Waals surface area contributed by atoms with E-state index in [0.717, 1.165) is 31.5 Å². The Morgan fingerprint density at radius 1 is 1.55 bits per heavy atom. The fraction of sp³-hybridized carbons (Fsp3) is 0.533. The van der Waals surface area contributed by atoms with Crippen LogP contribution < -0.4 is 10.1 Å². The predicted octanol–water partition coefficient (Wildman–Crippen LogP) is 1.79. The topological polar surface area (TPSA) is 41.6 Å². The summed E-state index contributed by atoms with van der Waals surface area (Å²) < 4.78 is 18.5. The number of methoxy groups -OCH3 is 1. The maximum Gasteiger partial charge on any atom is 0.227 e. The van der Waals surface area contributed by atoms with E-state index in [9.17, 15) is 9.18 Å². The van der Waals surface area contributed by atoms with Crippen molar-refractivity contribution < 1.29 is 13.9 Å². The zero-order valence-electron chi connectivity index (χ0n) is 12.0. The molecule has 1 aliphatic heterocycles. The molecule has 0 bridgehead atoms. The van der Waals surface area contributed by atoms with E-state index in [1.165, 1.54) is 13.2 Å². The van der Waals surface area contributed by atoms with Crippen LogP contribution in [0.2, 0.25) is 0 Å². The van der Waals surface area contributed by atoms with E-state index in [1.807, 2.05) is 0 Å². The van der Waals surface area contributed by atoms with Crippen LogP contribution in [0.4, 0.5) is 4.39 Å². The molecule has 4 nitrogen and oxygen atoms in total. The third-order valence-corrected chi connectivity index (χ3v) is 3.66. The maximum atomic E-state index is 13.6. The van der Waals surface area contributed by atoms with Crippen LogP contribution in [-0.2, 0) is 11.3 Å². The molecule has 0 aliphatic carbocycles. The molecule has 0 unspecified atom stereocenters. The first kappa shape index (κ1) is 14.8. The molecular weight excluding hydrogens is 259 g/mol. The minimum Gasteiger partial charge on any atom is -0.494 e. The van der Waals surface area contributed by atoms with Gasteiger partial charge in [-0.25, -0.2) is 4.39 Å². The van der Waals surface area contributed by atoms with Crippen LogP contribution in [0.25, 0.3) is 0 Å². The van der Waals surface area contributed by atoms with E-state index in [1.54, 1.807) is 24.1 Å². The molecule has 1 aromatic rings. The first-order chi connectivity index (χ1) is 9.61. The first-order valence-electron chi connectivity index (χ1n) is 6.90. The molecule has 1 fully saturated rings. The Labute approximate surface area is 118 Å². The van der Waals surface area contributed by atoms with Crippen LogP contribution in [0.15, 0.2) is 18.2 Å². The summed E-state index contributed by atoms with van der Waals surface area (Å²) in [5.41, 5.74) is 0.767. The summed E-state index contributed by atoms with van der Waals surface area (Å²) >= 11 is 0. The summed E-state index contributed by atoms with van der Waals surface area (Å²) in [6.45, 7) is 2.13. The van der Waals surface area contributed by atoms with Gasteiger partial charge in [0.1, 0.15) is 0 Å². The SMILES string of the molecule is COc1ccc(CN(C)C(=O)[C@@H]2CCCNC2)cc1F. The highest BCUT2D eigenvalue weighted by Gasteiger charge is 2.23. The molecule has 0 aromatic heterocycles. The van der Waals surface area contributed by atoms with Gasteiger partial charge in [0.15, 0.2) is 11.6 Å². The summed E-state index contributed by atoms with van der Waals surface area (Å²) in [6.07, 6.45) is 1.95. The van der Waals surface area contributed by atoms with Gasteiger partial charge < -0.3 is 15.0 Å². The van der Waals surface area contributed by atoms with Gasteiger partial charge in [-0.1, -0.05) is 6.07 Å². The number of carbonyl (C=O) groups excluding carboxylic acids is 1. The summed E-state index contributed by atoms with van der Waals surface area (Å²) in [5.74, 6) is -0.0188. The molecule has 1 atom stereocenters. The molecule has 20 heavy (non-hydrogen) atoms. The quantitative estimate of drug-likeness (QED) is 0.914.